The van der Waals surface area contributed by atoms with Crippen LogP contribution in [-0.4, -0.2) is 11.5 Å². The molecule has 0 atom stereocenters. The van der Waals surface area contributed by atoms with E-state index >= 15 is 0 Å². The molecule has 3 aromatic rings. The van der Waals surface area contributed by atoms with E-state index in [9.17, 15) is 4.79 Å². The molecule has 25 heavy (non-hydrogen) atoms. The highest BCUT2D eigenvalue weighted by atomic mass is 35.5. The Morgan fingerprint density at radius 1 is 0.880 bits per heavy atom. The molecule has 0 radical (unpaired) electrons. The Bertz CT molecular complexity index is 906. The molecule has 4 heteroatoms. The van der Waals surface area contributed by atoms with Crippen molar-refractivity contribution in [2.45, 2.75) is 6.92 Å². The zero-order valence-corrected chi connectivity index (χ0v) is 14.5. The molecule has 0 heterocycles. The number of ketones is 1. The summed E-state index contributed by atoms with van der Waals surface area (Å²) in [7, 11) is 0. The lowest BCUT2D eigenvalue weighted by Gasteiger charge is -2.08. The van der Waals surface area contributed by atoms with Crippen molar-refractivity contribution >= 4 is 28.8 Å². The van der Waals surface area contributed by atoms with E-state index in [0.29, 0.717) is 16.3 Å². The molecular weight excluding hydrogens is 332 g/mol. The molecular formula is C21H17ClN2O. The van der Waals surface area contributed by atoms with Crippen LogP contribution in [0.4, 0.5) is 5.69 Å². The van der Waals surface area contributed by atoms with E-state index in [1.807, 2.05) is 67.6 Å². The van der Waals surface area contributed by atoms with Crippen LogP contribution in [0.5, 0.6) is 0 Å². The van der Waals surface area contributed by atoms with E-state index < -0.39 is 0 Å². The topological polar surface area (TPSA) is 41.5 Å². The van der Waals surface area contributed by atoms with Gasteiger partial charge in [-0.1, -0.05) is 78.3 Å². The largest absolute Gasteiger partial charge is 0.287 e. The number of anilines is 1. The van der Waals surface area contributed by atoms with Gasteiger partial charge < -0.3 is 0 Å². The number of hydrazone groups is 1. The molecule has 3 nitrogen and oxygen atoms in total. The molecule has 0 aliphatic heterocycles. The van der Waals surface area contributed by atoms with Crippen LogP contribution >= 0.6 is 11.6 Å². The molecule has 0 saturated carbocycles. The van der Waals surface area contributed by atoms with Crippen LogP contribution in [0.25, 0.3) is 0 Å². The summed E-state index contributed by atoms with van der Waals surface area (Å²) in [4.78, 5) is 12.9. The highest BCUT2D eigenvalue weighted by molar-refractivity contribution is 6.51. The number of aryl methyl sites for hydroxylation is 1. The van der Waals surface area contributed by atoms with Gasteiger partial charge in [0.1, 0.15) is 5.71 Å². The van der Waals surface area contributed by atoms with Crippen molar-refractivity contribution in [1.29, 1.82) is 0 Å². The fourth-order valence-corrected chi connectivity index (χ4v) is 2.53. The molecule has 3 aromatic carbocycles. The van der Waals surface area contributed by atoms with Gasteiger partial charge in [0, 0.05) is 16.1 Å². The highest BCUT2D eigenvalue weighted by Crippen LogP contribution is 2.20. The van der Waals surface area contributed by atoms with E-state index in [1.54, 1.807) is 18.2 Å². The minimum atomic E-state index is -0.141. The first-order valence-corrected chi connectivity index (χ1v) is 8.28. The molecule has 0 saturated heterocycles. The Morgan fingerprint density at radius 3 is 2.08 bits per heavy atom. The van der Waals surface area contributed by atoms with E-state index in [2.05, 4.69) is 10.5 Å². The molecule has 1 N–H and O–H groups in total. The summed E-state index contributed by atoms with van der Waals surface area (Å²) in [6.07, 6.45) is 0. The number of rotatable bonds is 5. The predicted molar refractivity (Wildman–Crippen MR) is 104 cm³/mol. The lowest BCUT2D eigenvalue weighted by Crippen LogP contribution is -2.17. The number of halogens is 1. The van der Waals surface area contributed by atoms with E-state index in [4.69, 9.17) is 11.6 Å². The van der Waals surface area contributed by atoms with Gasteiger partial charge in [0.25, 0.3) is 0 Å². The van der Waals surface area contributed by atoms with Gasteiger partial charge in [0.2, 0.25) is 5.78 Å². The number of nitrogens with one attached hydrogen (secondary N) is 1. The third-order valence-electron chi connectivity index (χ3n) is 3.77. The number of carbonyl (C=O) groups excluding carboxylic acids is 1. The lowest BCUT2D eigenvalue weighted by molar-refractivity contribution is 0.106. The summed E-state index contributed by atoms with van der Waals surface area (Å²) in [5.74, 6) is -0.141. The standard InChI is InChI=1S/C21H17ClN2O/c1-15-12-13-18(14-19(15)22)23-24-20(16-8-4-2-5-9-16)21(25)17-10-6-3-7-11-17/h2-14,23H,1H3. The van der Waals surface area contributed by atoms with E-state index in [-0.39, 0.29) is 5.78 Å². The fraction of sp³-hybridized carbons (Fsp3) is 0.0476. The van der Waals surface area contributed by atoms with Gasteiger partial charge in [0.15, 0.2) is 0 Å². The number of hydrogen-bond donors (Lipinski definition) is 1. The summed E-state index contributed by atoms with van der Waals surface area (Å²) >= 11 is 6.15. The number of hydrogen-bond acceptors (Lipinski definition) is 3. The summed E-state index contributed by atoms with van der Waals surface area (Å²) in [5.41, 5.74) is 6.35. The van der Waals surface area contributed by atoms with Crippen molar-refractivity contribution in [2.24, 2.45) is 5.10 Å². The third kappa shape index (κ3) is 4.14. The van der Waals surface area contributed by atoms with Gasteiger partial charge in [-0.05, 0) is 24.6 Å². The van der Waals surface area contributed by atoms with Crippen LogP contribution in [0.1, 0.15) is 21.5 Å². The van der Waals surface area contributed by atoms with Gasteiger partial charge in [-0.15, -0.1) is 0 Å². The Labute approximate surface area is 152 Å². The molecule has 0 aliphatic carbocycles. The van der Waals surface area contributed by atoms with Crippen LogP contribution in [0, 0.1) is 6.92 Å². The molecule has 0 aliphatic rings. The SMILES string of the molecule is Cc1ccc(NN=C(C(=O)c2ccccc2)c2ccccc2)cc1Cl. The Kier molecular flexibility index (Phi) is 5.26. The summed E-state index contributed by atoms with van der Waals surface area (Å²) in [5, 5.41) is 5.02. The average molecular weight is 349 g/mol. The van der Waals surface area contributed by atoms with Crippen LogP contribution in [0.2, 0.25) is 5.02 Å². The predicted octanol–water partition coefficient (Wildman–Crippen LogP) is 5.35. The summed E-state index contributed by atoms with van der Waals surface area (Å²) < 4.78 is 0. The maximum absolute atomic E-state index is 12.9. The summed E-state index contributed by atoms with van der Waals surface area (Å²) in [6.45, 7) is 1.93. The van der Waals surface area contributed by atoms with Crippen molar-refractivity contribution in [3.05, 3.63) is 101 Å². The first-order valence-electron chi connectivity index (χ1n) is 7.90. The quantitative estimate of drug-likeness (QED) is 0.383. The molecule has 0 spiro atoms. The smallest absolute Gasteiger partial charge is 0.213 e. The molecule has 124 valence electrons. The van der Waals surface area contributed by atoms with Crippen LogP contribution < -0.4 is 5.43 Å². The van der Waals surface area contributed by atoms with Gasteiger partial charge in [-0.2, -0.15) is 5.10 Å². The lowest BCUT2D eigenvalue weighted by atomic mass is 10.0. The maximum atomic E-state index is 12.9. The molecule has 0 unspecified atom stereocenters. The van der Waals surface area contributed by atoms with Crippen molar-refractivity contribution in [2.75, 3.05) is 5.43 Å². The Hall–Kier alpha value is -2.91. The number of carbonyl (C=O) groups is 1. The van der Waals surface area contributed by atoms with Gasteiger partial charge in [0.05, 0.1) is 5.69 Å². The molecule has 0 aromatic heterocycles. The average Bonchev–Trinajstić information content (AvgIpc) is 2.66. The Morgan fingerprint density at radius 2 is 1.48 bits per heavy atom. The van der Waals surface area contributed by atoms with E-state index in [0.717, 1.165) is 16.8 Å². The normalized spacial score (nSPS) is 11.2. The fourth-order valence-electron chi connectivity index (χ4n) is 2.35. The van der Waals surface area contributed by atoms with Crippen LogP contribution in [0.3, 0.4) is 0 Å². The first kappa shape index (κ1) is 16.9. The second-order valence-electron chi connectivity index (χ2n) is 5.60. The monoisotopic (exact) mass is 348 g/mol. The van der Waals surface area contributed by atoms with Gasteiger partial charge in [-0.25, -0.2) is 0 Å². The van der Waals surface area contributed by atoms with Crippen molar-refractivity contribution < 1.29 is 4.79 Å². The second kappa shape index (κ2) is 7.77. The number of Topliss-reactive ketones (excluding diaryl/α,β-unsaturated/α-hetero) is 1. The van der Waals surface area contributed by atoms with Crippen LogP contribution in [0.15, 0.2) is 84.0 Å². The van der Waals surface area contributed by atoms with E-state index in [1.165, 1.54) is 0 Å². The van der Waals surface area contributed by atoms with Crippen LogP contribution in [-0.2, 0) is 0 Å². The maximum Gasteiger partial charge on any atom is 0.213 e. The molecule has 0 fully saturated rings. The van der Waals surface area contributed by atoms with Gasteiger partial charge >= 0.3 is 0 Å². The minimum absolute atomic E-state index is 0.141. The number of nitrogens with zero attached hydrogens (tertiary/aromatic N) is 1. The molecule has 0 bridgehead atoms. The van der Waals surface area contributed by atoms with Crippen molar-refractivity contribution in [1.82, 2.24) is 0 Å². The zero-order chi connectivity index (χ0) is 17.6. The minimum Gasteiger partial charge on any atom is -0.287 e. The highest BCUT2D eigenvalue weighted by Gasteiger charge is 2.16. The molecule has 3 rings (SSSR count). The van der Waals surface area contributed by atoms with Crippen molar-refractivity contribution in [3.8, 4) is 0 Å². The molecule has 0 amide bonds. The first-order chi connectivity index (χ1) is 12.1. The number of benzene rings is 3. The second-order valence-corrected chi connectivity index (χ2v) is 6.00. The third-order valence-corrected chi connectivity index (χ3v) is 4.17. The zero-order valence-electron chi connectivity index (χ0n) is 13.7. The Balaban J connectivity index is 1.96. The van der Waals surface area contributed by atoms with Crippen molar-refractivity contribution in [3.63, 3.8) is 0 Å². The summed E-state index contributed by atoms with van der Waals surface area (Å²) in [6, 6.07) is 24.1. The van der Waals surface area contributed by atoms with Gasteiger partial charge in [-0.3, -0.25) is 10.2 Å².